The highest BCUT2D eigenvalue weighted by Crippen LogP contribution is 2.28. The third kappa shape index (κ3) is 4.34. The minimum Gasteiger partial charge on any atom is -0.282 e. The molecule has 1 saturated heterocycles. The van der Waals surface area contributed by atoms with Crippen molar-refractivity contribution in [3.05, 3.63) is 23.2 Å². The maximum atomic E-state index is 12.7. The average Bonchev–Trinajstić information content (AvgIpc) is 2.69. The Bertz CT molecular complexity index is 739. The highest BCUT2D eigenvalue weighted by atomic mass is 35.5. The second-order valence-electron chi connectivity index (χ2n) is 5.33. The molecule has 1 fully saturated rings. The van der Waals surface area contributed by atoms with Crippen LogP contribution >= 0.6 is 11.6 Å². The van der Waals surface area contributed by atoms with Crippen molar-refractivity contribution in [1.82, 2.24) is 4.31 Å². The van der Waals surface area contributed by atoms with E-state index in [0.717, 1.165) is 31.9 Å². The summed E-state index contributed by atoms with van der Waals surface area (Å²) in [7, 11) is -7.18. The van der Waals surface area contributed by atoms with Crippen molar-refractivity contribution in [2.75, 3.05) is 24.1 Å². The second-order valence-corrected chi connectivity index (χ2v) is 9.43. The Morgan fingerprint density at radius 2 is 1.64 bits per heavy atom. The maximum Gasteiger partial charge on any atom is 0.243 e. The Labute approximate surface area is 136 Å². The number of sulfonamides is 2. The number of halogens is 1. The highest BCUT2D eigenvalue weighted by Gasteiger charge is 2.26. The van der Waals surface area contributed by atoms with Crippen LogP contribution in [0.2, 0.25) is 5.02 Å². The van der Waals surface area contributed by atoms with Crippen LogP contribution in [0.1, 0.15) is 25.7 Å². The van der Waals surface area contributed by atoms with Crippen molar-refractivity contribution < 1.29 is 16.8 Å². The van der Waals surface area contributed by atoms with Gasteiger partial charge in [0.25, 0.3) is 0 Å². The molecule has 0 unspecified atom stereocenters. The van der Waals surface area contributed by atoms with E-state index in [0.29, 0.717) is 13.1 Å². The average molecular weight is 367 g/mol. The molecule has 0 spiro atoms. The number of nitrogens with one attached hydrogen (secondary N) is 1. The fourth-order valence-corrected chi connectivity index (χ4v) is 4.71. The zero-order valence-electron chi connectivity index (χ0n) is 12.2. The van der Waals surface area contributed by atoms with E-state index in [9.17, 15) is 16.8 Å². The van der Waals surface area contributed by atoms with E-state index in [1.165, 1.54) is 22.5 Å². The van der Waals surface area contributed by atoms with Crippen LogP contribution in [-0.2, 0) is 20.0 Å². The maximum absolute atomic E-state index is 12.7. The van der Waals surface area contributed by atoms with Crippen LogP contribution in [0.25, 0.3) is 0 Å². The van der Waals surface area contributed by atoms with Gasteiger partial charge < -0.3 is 0 Å². The number of hydrogen-bond donors (Lipinski definition) is 1. The van der Waals surface area contributed by atoms with E-state index in [2.05, 4.69) is 4.72 Å². The Hall–Kier alpha value is -0.830. The molecule has 0 saturated carbocycles. The molecule has 1 heterocycles. The monoisotopic (exact) mass is 366 g/mol. The molecule has 0 atom stereocenters. The fraction of sp³-hybridized carbons (Fsp3) is 0.538. The van der Waals surface area contributed by atoms with Gasteiger partial charge in [0, 0.05) is 13.1 Å². The highest BCUT2D eigenvalue weighted by molar-refractivity contribution is 7.92. The van der Waals surface area contributed by atoms with Crippen molar-refractivity contribution in [3.8, 4) is 0 Å². The van der Waals surface area contributed by atoms with Crippen LogP contribution < -0.4 is 4.72 Å². The predicted molar refractivity (Wildman–Crippen MR) is 87.1 cm³/mol. The van der Waals surface area contributed by atoms with E-state index in [-0.39, 0.29) is 15.6 Å². The summed E-state index contributed by atoms with van der Waals surface area (Å²) in [5.74, 6) is 0. The predicted octanol–water partition coefficient (Wildman–Crippen LogP) is 2.28. The van der Waals surface area contributed by atoms with Crippen molar-refractivity contribution in [3.63, 3.8) is 0 Å². The lowest BCUT2D eigenvalue weighted by Gasteiger charge is -2.20. The molecule has 1 aliphatic heterocycles. The van der Waals surface area contributed by atoms with Crippen LogP contribution in [-0.4, -0.2) is 40.5 Å². The summed E-state index contributed by atoms with van der Waals surface area (Å²) in [5, 5.41) is 0.153. The number of rotatable bonds is 4. The fourth-order valence-electron chi connectivity index (χ4n) is 2.37. The van der Waals surface area contributed by atoms with Gasteiger partial charge in [-0.1, -0.05) is 24.4 Å². The van der Waals surface area contributed by atoms with Crippen LogP contribution in [0.4, 0.5) is 5.69 Å². The topological polar surface area (TPSA) is 83.5 Å². The van der Waals surface area contributed by atoms with Gasteiger partial charge in [-0.2, -0.15) is 4.31 Å². The number of anilines is 1. The first-order valence-electron chi connectivity index (χ1n) is 6.98. The quantitative estimate of drug-likeness (QED) is 0.886. The lowest BCUT2D eigenvalue weighted by Crippen LogP contribution is -2.32. The first kappa shape index (κ1) is 17.5. The minimum absolute atomic E-state index is 0.0463. The van der Waals surface area contributed by atoms with Gasteiger partial charge in [-0.3, -0.25) is 4.72 Å². The van der Waals surface area contributed by atoms with Crippen molar-refractivity contribution in [2.24, 2.45) is 0 Å². The van der Waals surface area contributed by atoms with E-state index >= 15 is 0 Å². The first-order chi connectivity index (χ1) is 10.2. The summed E-state index contributed by atoms with van der Waals surface area (Å²) in [6.45, 7) is 0.972. The number of benzene rings is 1. The SMILES string of the molecule is CS(=O)(=O)Nc1cc(S(=O)(=O)N2CCCCCC2)ccc1Cl. The molecule has 0 bridgehead atoms. The smallest absolute Gasteiger partial charge is 0.243 e. The molecule has 1 aromatic carbocycles. The molecule has 0 aliphatic carbocycles. The normalized spacial score (nSPS) is 17.9. The number of hydrogen-bond acceptors (Lipinski definition) is 4. The Kier molecular flexibility index (Phi) is 5.37. The van der Waals surface area contributed by atoms with Gasteiger partial charge in [-0.15, -0.1) is 0 Å². The third-order valence-corrected chi connectivity index (χ3v) is 6.25. The van der Waals surface area contributed by atoms with E-state index in [4.69, 9.17) is 11.6 Å². The minimum atomic E-state index is -3.64. The van der Waals surface area contributed by atoms with Crippen molar-refractivity contribution in [1.29, 1.82) is 0 Å². The molecule has 0 amide bonds. The molecule has 6 nitrogen and oxygen atoms in total. The van der Waals surface area contributed by atoms with E-state index in [1.54, 1.807) is 0 Å². The van der Waals surface area contributed by atoms with Gasteiger partial charge in [0.15, 0.2) is 0 Å². The van der Waals surface area contributed by atoms with Crippen molar-refractivity contribution in [2.45, 2.75) is 30.6 Å². The molecule has 1 aliphatic rings. The van der Waals surface area contributed by atoms with Gasteiger partial charge in [0.2, 0.25) is 20.0 Å². The molecular weight excluding hydrogens is 348 g/mol. The molecule has 0 radical (unpaired) electrons. The molecule has 22 heavy (non-hydrogen) atoms. The zero-order valence-corrected chi connectivity index (χ0v) is 14.6. The Morgan fingerprint density at radius 1 is 1.05 bits per heavy atom. The molecule has 1 aromatic rings. The molecular formula is C13H19ClN2O4S2. The number of nitrogens with zero attached hydrogens (tertiary/aromatic N) is 1. The largest absolute Gasteiger partial charge is 0.282 e. The zero-order chi connectivity index (χ0) is 16.4. The molecule has 2 rings (SSSR count). The Morgan fingerprint density at radius 3 is 2.18 bits per heavy atom. The lowest BCUT2D eigenvalue weighted by atomic mass is 10.2. The van der Waals surface area contributed by atoms with E-state index < -0.39 is 20.0 Å². The van der Waals surface area contributed by atoms with Crippen molar-refractivity contribution >= 4 is 37.3 Å². The van der Waals surface area contributed by atoms with Crippen LogP contribution in [0.15, 0.2) is 23.1 Å². The van der Waals surface area contributed by atoms with Gasteiger partial charge in [0.05, 0.1) is 21.9 Å². The van der Waals surface area contributed by atoms with Crippen LogP contribution in [0.5, 0.6) is 0 Å². The molecule has 124 valence electrons. The third-order valence-electron chi connectivity index (χ3n) is 3.44. The van der Waals surface area contributed by atoms with Crippen LogP contribution in [0.3, 0.4) is 0 Å². The summed E-state index contributed by atoms with van der Waals surface area (Å²) in [5.41, 5.74) is 0.0695. The molecule has 9 heteroatoms. The summed E-state index contributed by atoms with van der Waals surface area (Å²) in [4.78, 5) is 0.0463. The summed E-state index contributed by atoms with van der Waals surface area (Å²) >= 11 is 5.93. The van der Waals surface area contributed by atoms with Gasteiger partial charge in [0.1, 0.15) is 0 Å². The lowest BCUT2D eigenvalue weighted by molar-refractivity contribution is 0.424. The van der Waals surface area contributed by atoms with Gasteiger partial charge in [-0.05, 0) is 31.0 Å². The molecule has 1 N–H and O–H groups in total. The van der Waals surface area contributed by atoms with E-state index in [1.807, 2.05) is 0 Å². The summed E-state index contributed by atoms with van der Waals surface area (Å²) in [6.07, 6.45) is 4.70. The standard InChI is InChI=1S/C13H19ClN2O4S2/c1-21(17,18)15-13-10-11(6-7-12(13)14)22(19,20)16-8-4-2-3-5-9-16/h6-7,10,15H,2-5,8-9H2,1H3. The van der Waals surface area contributed by atoms with Crippen LogP contribution in [0, 0.1) is 0 Å². The van der Waals surface area contributed by atoms with Gasteiger partial charge >= 0.3 is 0 Å². The first-order valence-corrected chi connectivity index (χ1v) is 10.7. The Balaban J connectivity index is 2.36. The summed E-state index contributed by atoms with van der Waals surface area (Å²) < 4.78 is 51.7. The second kappa shape index (κ2) is 6.74. The van der Waals surface area contributed by atoms with Gasteiger partial charge in [-0.25, -0.2) is 16.8 Å². The molecule has 0 aromatic heterocycles. The summed E-state index contributed by atoms with van der Waals surface area (Å²) in [6, 6.07) is 4.05.